The molecular weight excluding hydrogens is 686 g/mol. The summed E-state index contributed by atoms with van der Waals surface area (Å²) in [7, 11) is 0. The molecule has 0 aliphatic carbocycles. The smallest absolute Gasteiger partial charge is 0.184 e. The molecule has 266 valence electrons. The normalized spacial score (nSPS) is 11.5. The molecule has 6 aromatic carbocycles. The number of hydrogen-bond donors (Lipinski definition) is 1. The Morgan fingerprint density at radius 3 is 1.80 bits per heavy atom. The molecule has 2 heterocycles. The van der Waals surface area contributed by atoms with Crippen LogP contribution in [0.25, 0.3) is 28.2 Å². The fourth-order valence-corrected chi connectivity index (χ4v) is 7.69. The molecule has 0 aliphatic heterocycles. The molecule has 0 unspecified atom stereocenters. The van der Waals surface area contributed by atoms with E-state index in [2.05, 4.69) is 127 Å². The summed E-state index contributed by atoms with van der Waals surface area (Å²) in [6.45, 7) is 2.19. The first kappa shape index (κ1) is 34.8. The van der Waals surface area contributed by atoms with Crippen LogP contribution in [0.15, 0.2) is 164 Å². The maximum atomic E-state index is 6.82. The van der Waals surface area contributed by atoms with E-state index < -0.39 is 5.54 Å². The summed E-state index contributed by atoms with van der Waals surface area (Å²) in [5, 5.41) is 19.4. The van der Waals surface area contributed by atoms with Crippen LogP contribution in [0.1, 0.15) is 53.3 Å². The van der Waals surface area contributed by atoms with E-state index in [1.54, 1.807) is 4.68 Å². The maximum Gasteiger partial charge on any atom is 0.184 e. The van der Waals surface area contributed by atoms with Crippen LogP contribution in [-0.4, -0.2) is 30.0 Å². The minimum atomic E-state index is -0.858. The zero-order valence-corrected chi connectivity index (χ0v) is 30.8. The second kappa shape index (κ2) is 15.3. The van der Waals surface area contributed by atoms with Crippen LogP contribution in [0.4, 0.5) is 5.82 Å². The molecule has 0 atom stereocenters. The van der Waals surface area contributed by atoms with Crippen LogP contribution >= 0.6 is 11.6 Å². The SMILES string of the molecule is CCCCc1nn(-c2ccccc2Cl)c(N)c1Cc1ccc(-c2ccccc2-c2nnnn2C(c2ccccc2)(c2ccccc2)c2ccccc2)cc1. The van der Waals surface area contributed by atoms with Crippen LogP contribution < -0.4 is 5.73 Å². The second-order valence-corrected chi connectivity index (χ2v) is 13.8. The summed E-state index contributed by atoms with van der Waals surface area (Å²) >= 11 is 6.58. The zero-order valence-electron chi connectivity index (χ0n) is 30.1. The summed E-state index contributed by atoms with van der Waals surface area (Å²) in [4.78, 5) is 0. The van der Waals surface area contributed by atoms with Gasteiger partial charge in [-0.3, -0.25) is 0 Å². The van der Waals surface area contributed by atoms with Crippen molar-refractivity contribution >= 4 is 17.4 Å². The number of unbranched alkanes of at least 4 members (excludes halogenated alkanes) is 1. The molecule has 8 rings (SSSR count). The number of aromatic nitrogens is 6. The number of aryl methyl sites for hydroxylation is 1. The molecule has 0 radical (unpaired) electrons. The van der Waals surface area contributed by atoms with Gasteiger partial charge in [0, 0.05) is 17.5 Å². The van der Waals surface area contributed by atoms with Gasteiger partial charge in [0.25, 0.3) is 0 Å². The highest BCUT2D eigenvalue weighted by molar-refractivity contribution is 6.32. The standard InChI is InChI=1S/C46H40ClN7/c1-2-3-26-42-40(44(48)53(50-42)43-27-16-15-25-41(43)47)32-33-28-30-34(31-29-33)38-23-13-14-24-39(38)45-49-51-52-54(45)46(35-17-7-4-8-18-35,36-19-9-5-10-20-36)37-21-11-6-12-22-37/h4-25,27-31H,2-3,26,32,48H2,1H3. The zero-order chi connectivity index (χ0) is 36.9. The lowest BCUT2D eigenvalue weighted by Crippen LogP contribution is -2.39. The first-order chi connectivity index (χ1) is 26.6. The van der Waals surface area contributed by atoms with Crippen LogP contribution in [0.3, 0.4) is 0 Å². The molecule has 2 aromatic heterocycles. The Morgan fingerprint density at radius 2 is 1.20 bits per heavy atom. The third kappa shape index (κ3) is 6.37. The molecule has 8 heteroatoms. The molecule has 0 fully saturated rings. The number of tetrazole rings is 1. The quantitative estimate of drug-likeness (QED) is 0.127. The number of nitrogens with two attached hydrogens (primary N) is 1. The number of anilines is 1. The van der Waals surface area contributed by atoms with Gasteiger partial charge in [-0.1, -0.05) is 177 Å². The summed E-state index contributed by atoms with van der Waals surface area (Å²) in [5.41, 5.74) is 16.1. The van der Waals surface area contributed by atoms with Gasteiger partial charge in [0.15, 0.2) is 5.82 Å². The summed E-state index contributed by atoms with van der Waals surface area (Å²) in [6.07, 6.45) is 3.60. The highest BCUT2D eigenvalue weighted by Crippen LogP contribution is 2.43. The van der Waals surface area contributed by atoms with E-state index in [0.717, 1.165) is 75.2 Å². The third-order valence-electron chi connectivity index (χ3n) is 10.1. The largest absolute Gasteiger partial charge is 0.383 e. The van der Waals surface area contributed by atoms with Crippen LogP contribution in [0, 0.1) is 0 Å². The van der Waals surface area contributed by atoms with Crippen LogP contribution in [-0.2, 0) is 18.4 Å². The lowest BCUT2D eigenvalue weighted by Gasteiger charge is -2.36. The maximum absolute atomic E-state index is 6.82. The van der Waals surface area contributed by atoms with Crippen molar-refractivity contribution in [2.24, 2.45) is 0 Å². The number of benzene rings is 6. The lowest BCUT2D eigenvalue weighted by atomic mass is 9.77. The Kier molecular flexibility index (Phi) is 9.88. The van der Waals surface area contributed by atoms with E-state index in [-0.39, 0.29) is 0 Å². The van der Waals surface area contributed by atoms with Gasteiger partial charge in [0.1, 0.15) is 11.4 Å². The number of hydrogen-bond acceptors (Lipinski definition) is 5. The van der Waals surface area contributed by atoms with Crippen molar-refractivity contribution in [3.63, 3.8) is 0 Å². The first-order valence-electron chi connectivity index (χ1n) is 18.3. The molecule has 54 heavy (non-hydrogen) atoms. The number of nitrogen functional groups attached to an aromatic ring is 1. The Labute approximate surface area is 320 Å². The van der Waals surface area contributed by atoms with Crippen molar-refractivity contribution in [1.29, 1.82) is 0 Å². The minimum Gasteiger partial charge on any atom is -0.383 e. The van der Waals surface area contributed by atoms with Crippen molar-refractivity contribution < 1.29 is 0 Å². The van der Waals surface area contributed by atoms with Gasteiger partial charge in [-0.25, -0.2) is 9.36 Å². The molecule has 0 saturated carbocycles. The molecular formula is C46H40ClN7. The Morgan fingerprint density at radius 1 is 0.648 bits per heavy atom. The average molecular weight is 726 g/mol. The number of rotatable bonds is 12. The van der Waals surface area contributed by atoms with Gasteiger partial charge in [0.05, 0.1) is 16.4 Å². The van der Waals surface area contributed by atoms with E-state index in [1.807, 2.05) is 53.2 Å². The minimum absolute atomic E-state index is 0.614. The van der Waals surface area contributed by atoms with E-state index in [4.69, 9.17) is 32.7 Å². The summed E-state index contributed by atoms with van der Waals surface area (Å²) < 4.78 is 3.77. The average Bonchev–Trinajstić information content (AvgIpc) is 3.84. The third-order valence-corrected chi connectivity index (χ3v) is 10.4. The summed E-state index contributed by atoms with van der Waals surface area (Å²) in [6, 6.07) is 56.1. The highest BCUT2D eigenvalue weighted by atomic mass is 35.5. The molecule has 2 N–H and O–H groups in total. The van der Waals surface area contributed by atoms with E-state index in [1.165, 1.54) is 0 Å². The number of nitrogens with zero attached hydrogens (tertiary/aromatic N) is 6. The predicted octanol–water partition coefficient (Wildman–Crippen LogP) is 10.2. The lowest BCUT2D eigenvalue weighted by molar-refractivity contribution is 0.451. The Bertz CT molecular complexity index is 2380. The first-order valence-corrected chi connectivity index (χ1v) is 18.7. The van der Waals surface area contributed by atoms with Gasteiger partial charge in [0.2, 0.25) is 0 Å². The van der Waals surface area contributed by atoms with Gasteiger partial charge < -0.3 is 5.73 Å². The molecule has 0 saturated heterocycles. The van der Waals surface area contributed by atoms with Crippen LogP contribution in [0.5, 0.6) is 0 Å². The second-order valence-electron chi connectivity index (χ2n) is 13.4. The van der Waals surface area contributed by atoms with Crippen molar-refractivity contribution in [1.82, 2.24) is 30.0 Å². The van der Waals surface area contributed by atoms with Gasteiger partial charge in [-0.05, 0) is 68.8 Å². The van der Waals surface area contributed by atoms with Crippen molar-refractivity contribution in [3.8, 4) is 28.2 Å². The number of para-hydroxylation sites is 1. The fourth-order valence-electron chi connectivity index (χ4n) is 7.48. The van der Waals surface area contributed by atoms with Gasteiger partial charge in [-0.15, -0.1) is 5.10 Å². The number of halogens is 1. The molecule has 7 nitrogen and oxygen atoms in total. The monoisotopic (exact) mass is 725 g/mol. The molecule has 0 bridgehead atoms. The van der Waals surface area contributed by atoms with E-state index in [9.17, 15) is 0 Å². The van der Waals surface area contributed by atoms with Gasteiger partial charge in [-0.2, -0.15) is 5.10 Å². The predicted molar refractivity (Wildman–Crippen MR) is 218 cm³/mol. The molecule has 8 aromatic rings. The van der Waals surface area contributed by atoms with Crippen molar-refractivity contribution in [3.05, 3.63) is 202 Å². The summed E-state index contributed by atoms with van der Waals surface area (Å²) in [5.74, 6) is 1.28. The van der Waals surface area contributed by atoms with Crippen molar-refractivity contribution in [2.45, 2.75) is 38.1 Å². The van der Waals surface area contributed by atoms with E-state index >= 15 is 0 Å². The topological polar surface area (TPSA) is 87.4 Å². The fraction of sp³-hybridized carbons (Fsp3) is 0.130. The highest BCUT2D eigenvalue weighted by Gasteiger charge is 2.42. The van der Waals surface area contributed by atoms with Crippen molar-refractivity contribution in [2.75, 3.05) is 5.73 Å². The Balaban J connectivity index is 1.20. The molecule has 0 amide bonds. The Hall–Kier alpha value is -6.31. The van der Waals surface area contributed by atoms with Crippen LogP contribution in [0.2, 0.25) is 5.02 Å². The van der Waals surface area contributed by atoms with E-state index in [0.29, 0.717) is 23.1 Å². The molecule has 0 spiro atoms. The molecule has 0 aliphatic rings. The van der Waals surface area contributed by atoms with Gasteiger partial charge >= 0.3 is 0 Å².